The predicted molar refractivity (Wildman–Crippen MR) is 151 cm³/mol. The van der Waals surface area contributed by atoms with E-state index in [2.05, 4.69) is 10.3 Å². The summed E-state index contributed by atoms with van der Waals surface area (Å²) in [6.07, 6.45) is 2.04. The number of benzene rings is 2. The van der Waals surface area contributed by atoms with Crippen LogP contribution < -0.4 is 10.1 Å². The Morgan fingerprint density at radius 2 is 1.81 bits per heavy atom. The van der Waals surface area contributed by atoms with Crippen molar-refractivity contribution in [1.29, 1.82) is 0 Å². The fourth-order valence-corrected chi connectivity index (χ4v) is 4.97. The van der Waals surface area contributed by atoms with E-state index in [1.807, 2.05) is 61.1 Å². The number of imidazole rings is 1. The van der Waals surface area contributed by atoms with Crippen molar-refractivity contribution in [3.63, 3.8) is 0 Å². The van der Waals surface area contributed by atoms with Crippen molar-refractivity contribution in [2.45, 2.75) is 43.8 Å². The summed E-state index contributed by atoms with van der Waals surface area (Å²) in [4.78, 5) is 19.3. The molecule has 0 amide bonds. The Labute approximate surface area is 246 Å². The molecule has 3 aromatic rings. The van der Waals surface area contributed by atoms with Crippen molar-refractivity contribution < 1.29 is 32.2 Å². The summed E-state index contributed by atoms with van der Waals surface area (Å²) in [6.45, 7) is -1.32. The highest BCUT2D eigenvalue weighted by Gasteiger charge is 2.62. The van der Waals surface area contributed by atoms with Crippen LogP contribution in [0.3, 0.4) is 0 Å². The molecule has 0 radical (unpaired) electrons. The van der Waals surface area contributed by atoms with E-state index in [0.29, 0.717) is 28.6 Å². The van der Waals surface area contributed by atoms with Crippen LogP contribution in [0.5, 0.6) is 11.5 Å². The molecule has 1 fully saturated rings. The molecule has 8 nitrogen and oxygen atoms in total. The van der Waals surface area contributed by atoms with Crippen molar-refractivity contribution in [3.05, 3.63) is 65.1 Å². The Morgan fingerprint density at radius 1 is 1.14 bits per heavy atom. The number of likely N-dealkylation sites (tertiary alicyclic amines) is 1. The highest BCUT2D eigenvalue weighted by molar-refractivity contribution is 6.30. The number of nitrogens with zero attached hydrogens (tertiary/aromatic N) is 4. The van der Waals surface area contributed by atoms with Gasteiger partial charge in [0.2, 0.25) is 0 Å². The van der Waals surface area contributed by atoms with Gasteiger partial charge in [0.15, 0.2) is 0 Å². The zero-order valence-electron chi connectivity index (χ0n) is 23.6. The van der Waals surface area contributed by atoms with Gasteiger partial charge < -0.3 is 24.6 Å². The van der Waals surface area contributed by atoms with Gasteiger partial charge >= 0.3 is 17.8 Å². The Kier molecular flexibility index (Phi) is 9.81. The van der Waals surface area contributed by atoms with Crippen molar-refractivity contribution in [2.75, 3.05) is 33.7 Å². The van der Waals surface area contributed by atoms with E-state index in [-0.39, 0.29) is 25.9 Å². The van der Waals surface area contributed by atoms with Gasteiger partial charge in [-0.3, -0.25) is 9.69 Å². The van der Waals surface area contributed by atoms with E-state index >= 15 is 0 Å². The summed E-state index contributed by atoms with van der Waals surface area (Å²) >= 11 is 6.21. The average Bonchev–Trinajstić information content (AvgIpc) is 3.35. The summed E-state index contributed by atoms with van der Waals surface area (Å²) < 4.78 is 61.9. The quantitative estimate of drug-likeness (QED) is 0.247. The number of carboxylic acids is 1. The number of rotatable bonds is 13. The van der Waals surface area contributed by atoms with Crippen molar-refractivity contribution in [1.82, 2.24) is 24.7 Å². The minimum atomic E-state index is -4.09. The van der Waals surface area contributed by atoms with Gasteiger partial charge in [-0.25, -0.2) is 4.98 Å². The van der Waals surface area contributed by atoms with Crippen molar-refractivity contribution >= 4 is 17.6 Å². The number of aromatic nitrogens is 2. The minimum absolute atomic E-state index is 0.0578. The molecule has 2 heterocycles. The lowest BCUT2D eigenvalue weighted by Gasteiger charge is -2.19. The summed E-state index contributed by atoms with van der Waals surface area (Å²) in [5.41, 5.74) is 2.56. The molecule has 4 rings (SSSR count). The van der Waals surface area contributed by atoms with Gasteiger partial charge in [-0.1, -0.05) is 17.7 Å². The van der Waals surface area contributed by atoms with Gasteiger partial charge in [-0.2, -0.15) is 17.6 Å². The summed E-state index contributed by atoms with van der Waals surface area (Å²) in [5, 5.41) is 13.0. The number of hydrogen-bond donors (Lipinski definition) is 2. The van der Waals surface area contributed by atoms with Gasteiger partial charge in [-0.15, -0.1) is 0 Å². The van der Waals surface area contributed by atoms with E-state index in [9.17, 15) is 27.5 Å². The van der Waals surface area contributed by atoms with E-state index in [0.717, 1.165) is 22.0 Å². The van der Waals surface area contributed by atoms with E-state index in [4.69, 9.17) is 16.3 Å². The summed E-state index contributed by atoms with van der Waals surface area (Å²) in [7, 11) is 5.92. The van der Waals surface area contributed by atoms with E-state index in [1.165, 1.54) is 0 Å². The molecule has 1 saturated heterocycles. The molecule has 1 aliphatic rings. The van der Waals surface area contributed by atoms with Crippen LogP contribution >= 0.6 is 11.6 Å². The molecule has 0 bridgehead atoms. The first kappa shape index (κ1) is 31.7. The fraction of sp³-hybridized carbons (Fsp3) is 0.448. The second kappa shape index (κ2) is 13.0. The van der Waals surface area contributed by atoms with Crippen LogP contribution in [0.15, 0.2) is 48.7 Å². The highest BCUT2D eigenvalue weighted by Crippen LogP contribution is 2.41. The number of carboxylic acid groups (broad SMARTS) is 1. The first-order valence-corrected chi connectivity index (χ1v) is 13.8. The molecule has 1 unspecified atom stereocenters. The van der Waals surface area contributed by atoms with Crippen molar-refractivity contribution in [3.8, 4) is 22.8 Å². The SMILES string of the molecule is CN(C)Cc1ncc(-c2ccc(Oc3cc(Cl)ccc3CNC(CCCN3CC(F)(F)C(F)(F)C3)C(=O)O)cc2)n1C. The topological polar surface area (TPSA) is 82.9 Å². The first-order chi connectivity index (χ1) is 19.8. The molecule has 42 heavy (non-hydrogen) atoms. The Hall–Kier alpha value is -3.19. The van der Waals surface area contributed by atoms with Crippen LogP contribution in [-0.4, -0.2) is 82.0 Å². The van der Waals surface area contributed by atoms with Crippen molar-refractivity contribution in [2.24, 2.45) is 7.05 Å². The highest BCUT2D eigenvalue weighted by atomic mass is 35.5. The minimum Gasteiger partial charge on any atom is -0.480 e. The van der Waals surface area contributed by atoms with E-state index < -0.39 is 36.9 Å². The third kappa shape index (κ3) is 7.60. The molecule has 2 aromatic carbocycles. The molecule has 0 saturated carbocycles. The van der Waals surface area contributed by atoms with Crippen LogP contribution in [0.1, 0.15) is 24.2 Å². The average molecular weight is 612 g/mol. The predicted octanol–water partition coefficient (Wildman–Crippen LogP) is 5.50. The lowest BCUT2D eigenvalue weighted by molar-refractivity contribution is -0.172. The van der Waals surface area contributed by atoms with Gasteiger partial charge in [-0.05, 0) is 69.9 Å². The third-order valence-electron chi connectivity index (χ3n) is 7.13. The molecular weight excluding hydrogens is 578 g/mol. The molecule has 1 atom stereocenters. The molecule has 13 heteroatoms. The van der Waals surface area contributed by atoms with Gasteiger partial charge in [0, 0.05) is 29.7 Å². The number of halogens is 5. The number of nitrogens with one attached hydrogen (secondary N) is 1. The monoisotopic (exact) mass is 611 g/mol. The smallest absolute Gasteiger partial charge is 0.323 e. The zero-order valence-corrected chi connectivity index (χ0v) is 24.3. The molecular formula is C29H34ClF4N5O3. The molecule has 1 aliphatic heterocycles. The van der Waals surface area contributed by atoms with E-state index in [1.54, 1.807) is 18.2 Å². The lowest BCUT2D eigenvalue weighted by atomic mass is 10.1. The Balaban J connectivity index is 1.37. The second-order valence-electron chi connectivity index (χ2n) is 10.8. The summed E-state index contributed by atoms with van der Waals surface area (Å²) in [6, 6.07) is 11.5. The van der Waals surface area contributed by atoms with Crippen LogP contribution in [0.25, 0.3) is 11.3 Å². The number of aliphatic carboxylic acids is 1. The number of ether oxygens (including phenoxy) is 1. The molecule has 2 N–H and O–H groups in total. The Bertz CT molecular complexity index is 1370. The molecule has 1 aromatic heterocycles. The Morgan fingerprint density at radius 3 is 2.43 bits per heavy atom. The maximum atomic E-state index is 13.4. The number of hydrogen-bond acceptors (Lipinski definition) is 6. The van der Waals surface area contributed by atoms with Gasteiger partial charge in [0.25, 0.3) is 0 Å². The number of alkyl halides is 4. The molecule has 228 valence electrons. The number of carbonyl (C=O) groups is 1. The third-order valence-corrected chi connectivity index (χ3v) is 7.37. The molecule has 0 spiro atoms. The fourth-order valence-electron chi connectivity index (χ4n) is 4.81. The lowest BCUT2D eigenvalue weighted by Crippen LogP contribution is -2.38. The standard InChI is InChI=1S/C29H34ClF4N5O3/c1-37(2)16-26-36-15-24(38(26)3)19-7-10-22(11-8-19)42-25-13-21(30)9-6-20(25)14-35-23(27(40)41)5-4-12-39-17-28(31,32)29(33,34)18-39/h6-11,13,15,23,35H,4-5,12,14,16-18H2,1-3H3,(H,40,41). The largest absolute Gasteiger partial charge is 0.480 e. The maximum Gasteiger partial charge on any atom is 0.323 e. The van der Waals surface area contributed by atoms with Crippen LogP contribution in [0.4, 0.5) is 17.6 Å². The second-order valence-corrected chi connectivity index (χ2v) is 11.2. The van der Waals surface area contributed by atoms with Gasteiger partial charge in [0.05, 0.1) is 31.5 Å². The first-order valence-electron chi connectivity index (χ1n) is 13.4. The maximum absolute atomic E-state index is 13.4. The van der Waals surface area contributed by atoms with Gasteiger partial charge in [0.1, 0.15) is 23.4 Å². The molecule has 0 aliphatic carbocycles. The van der Waals surface area contributed by atoms with Crippen LogP contribution in [0.2, 0.25) is 5.02 Å². The summed E-state index contributed by atoms with van der Waals surface area (Å²) in [5.74, 6) is -7.39. The normalized spacial score (nSPS) is 17.1. The van der Waals surface area contributed by atoms with Crippen LogP contribution in [0, 0.1) is 0 Å². The zero-order chi connectivity index (χ0) is 30.7. The van der Waals surface area contributed by atoms with Crippen LogP contribution in [-0.2, 0) is 24.9 Å².